The summed E-state index contributed by atoms with van der Waals surface area (Å²) in [7, 11) is 1.51. The van der Waals surface area contributed by atoms with Crippen molar-refractivity contribution in [1.29, 1.82) is 0 Å². The smallest absolute Gasteiger partial charge is 0.323 e. The second kappa shape index (κ2) is 2.61. The third kappa shape index (κ3) is 1.31. The second-order valence-corrected chi connectivity index (χ2v) is 2.16. The molecule has 0 aliphatic rings. The van der Waals surface area contributed by atoms with Gasteiger partial charge in [0.25, 0.3) is 5.91 Å². The molecule has 0 atom stereocenters. The van der Waals surface area contributed by atoms with Crippen molar-refractivity contribution in [3.63, 3.8) is 0 Å². The Morgan fingerprint density at radius 1 is 1.45 bits per heavy atom. The summed E-state index contributed by atoms with van der Waals surface area (Å²) in [5.74, 6) is -0.291. The molecule has 1 aromatic rings. The number of hydrogen-bond donors (Lipinski definition) is 3. The van der Waals surface area contributed by atoms with Crippen LogP contribution in [0.2, 0.25) is 0 Å². The summed E-state index contributed by atoms with van der Waals surface area (Å²) < 4.78 is 0. The maximum absolute atomic E-state index is 10.9. The zero-order chi connectivity index (χ0) is 8.43. The van der Waals surface area contributed by atoms with Crippen molar-refractivity contribution in [2.75, 3.05) is 7.05 Å². The van der Waals surface area contributed by atoms with E-state index in [1.165, 1.54) is 7.05 Å². The molecule has 0 aliphatic carbocycles. The minimum Gasteiger partial charge on any atom is -0.354 e. The predicted octanol–water partition coefficient (Wildman–Crippen LogP) is -0.629. The lowest BCUT2D eigenvalue weighted by molar-refractivity contribution is 0.0958. The van der Waals surface area contributed by atoms with Crippen molar-refractivity contribution in [1.82, 2.24) is 15.3 Å². The molecule has 0 spiro atoms. The Kier molecular flexibility index (Phi) is 1.80. The van der Waals surface area contributed by atoms with E-state index < -0.39 is 0 Å². The Bertz CT molecular complexity index is 323. The van der Waals surface area contributed by atoms with Crippen molar-refractivity contribution >= 4 is 5.91 Å². The number of aromatic nitrogens is 2. The molecule has 3 N–H and O–H groups in total. The summed E-state index contributed by atoms with van der Waals surface area (Å²) in [4.78, 5) is 26.4. The Balaban J connectivity index is 3.13. The molecule has 0 aromatic carbocycles. The number of rotatable bonds is 1. The van der Waals surface area contributed by atoms with E-state index in [4.69, 9.17) is 0 Å². The van der Waals surface area contributed by atoms with Gasteiger partial charge in [0, 0.05) is 12.7 Å². The number of aromatic amines is 2. The van der Waals surface area contributed by atoms with E-state index in [1.807, 2.05) is 0 Å². The maximum Gasteiger partial charge on any atom is 0.323 e. The highest BCUT2D eigenvalue weighted by molar-refractivity contribution is 5.92. The van der Waals surface area contributed by atoms with Gasteiger partial charge in [-0.1, -0.05) is 0 Å². The first-order chi connectivity index (χ1) is 5.15. The SMILES string of the molecule is CNC(=O)c1[nH]c(=O)[nH]c1C. The van der Waals surface area contributed by atoms with Crippen LogP contribution in [0, 0.1) is 6.92 Å². The first-order valence-electron chi connectivity index (χ1n) is 3.16. The van der Waals surface area contributed by atoms with Crippen LogP contribution in [0.25, 0.3) is 0 Å². The number of imidazole rings is 1. The van der Waals surface area contributed by atoms with Crippen molar-refractivity contribution in [2.24, 2.45) is 0 Å². The molecule has 11 heavy (non-hydrogen) atoms. The lowest BCUT2D eigenvalue weighted by Gasteiger charge is -1.94. The highest BCUT2D eigenvalue weighted by Gasteiger charge is 2.08. The number of nitrogens with one attached hydrogen (secondary N) is 3. The summed E-state index contributed by atoms with van der Waals surface area (Å²) in [6.07, 6.45) is 0. The van der Waals surface area contributed by atoms with Crippen molar-refractivity contribution in [3.05, 3.63) is 21.9 Å². The normalized spacial score (nSPS) is 9.64. The van der Waals surface area contributed by atoms with Crippen LogP contribution in [0.1, 0.15) is 16.2 Å². The van der Waals surface area contributed by atoms with E-state index in [9.17, 15) is 9.59 Å². The number of H-pyrrole nitrogens is 2. The zero-order valence-electron chi connectivity index (χ0n) is 6.32. The molecule has 5 heteroatoms. The molecule has 1 rings (SSSR count). The first-order valence-corrected chi connectivity index (χ1v) is 3.16. The summed E-state index contributed by atoms with van der Waals surface area (Å²) in [5, 5.41) is 2.41. The molecule has 0 aliphatic heterocycles. The van der Waals surface area contributed by atoms with Gasteiger partial charge in [-0.2, -0.15) is 0 Å². The molecular weight excluding hydrogens is 146 g/mol. The number of amides is 1. The van der Waals surface area contributed by atoms with Crippen LogP contribution < -0.4 is 11.0 Å². The Labute approximate surface area is 62.8 Å². The fraction of sp³-hybridized carbons (Fsp3) is 0.333. The monoisotopic (exact) mass is 155 g/mol. The lowest BCUT2D eigenvalue weighted by atomic mass is 10.3. The van der Waals surface area contributed by atoms with Gasteiger partial charge >= 0.3 is 5.69 Å². The standard InChI is InChI=1S/C6H9N3O2/c1-3-4(5(10)7-2)9-6(11)8-3/h1-2H3,(H,7,10)(H2,8,9,11). The first kappa shape index (κ1) is 7.59. The Morgan fingerprint density at radius 3 is 2.45 bits per heavy atom. The van der Waals surface area contributed by atoms with E-state index in [1.54, 1.807) is 6.92 Å². The van der Waals surface area contributed by atoms with Crippen LogP contribution in [-0.4, -0.2) is 22.9 Å². The predicted molar refractivity (Wildman–Crippen MR) is 39.5 cm³/mol. The highest BCUT2D eigenvalue weighted by atomic mass is 16.2. The summed E-state index contributed by atoms with van der Waals surface area (Å²) in [5.41, 5.74) is 0.480. The zero-order valence-corrected chi connectivity index (χ0v) is 6.32. The van der Waals surface area contributed by atoms with E-state index in [2.05, 4.69) is 15.3 Å². The third-order valence-electron chi connectivity index (χ3n) is 1.37. The molecule has 0 fully saturated rings. The van der Waals surface area contributed by atoms with Crippen LogP contribution in [0.4, 0.5) is 0 Å². The fourth-order valence-electron chi connectivity index (χ4n) is 0.823. The van der Waals surface area contributed by atoms with Gasteiger partial charge < -0.3 is 15.3 Å². The van der Waals surface area contributed by atoms with Gasteiger partial charge in [0.15, 0.2) is 0 Å². The van der Waals surface area contributed by atoms with Gasteiger partial charge in [-0.15, -0.1) is 0 Å². The van der Waals surface area contributed by atoms with Crippen LogP contribution in [0.5, 0.6) is 0 Å². The average Bonchev–Trinajstić information content (AvgIpc) is 2.28. The van der Waals surface area contributed by atoms with Gasteiger partial charge in [-0.3, -0.25) is 4.79 Å². The number of carbonyl (C=O) groups is 1. The van der Waals surface area contributed by atoms with Gasteiger partial charge in [-0.25, -0.2) is 4.79 Å². The Morgan fingerprint density at radius 2 is 2.09 bits per heavy atom. The summed E-state index contributed by atoms with van der Waals surface area (Å²) in [6.45, 7) is 1.66. The van der Waals surface area contributed by atoms with Crippen LogP contribution in [0.3, 0.4) is 0 Å². The quantitative estimate of drug-likeness (QED) is 0.505. The van der Waals surface area contributed by atoms with Crippen LogP contribution >= 0.6 is 0 Å². The topological polar surface area (TPSA) is 77.8 Å². The highest BCUT2D eigenvalue weighted by Crippen LogP contribution is 1.95. The van der Waals surface area contributed by atoms with Crippen molar-refractivity contribution in [3.8, 4) is 0 Å². The van der Waals surface area contributed by atoms with Gasteiger partial charge in [0.05, 0.1) is 0 Å². The van der Waals surface area contributed by atoms with E-state index in [0.29, 0.717) is 5.69 Å². The third-order valence-corrected chi connectivity index (χ3v) is 1.37. The van der Waals surface area contributed by atoms with E-state index in [0.717, 1.165) is 0 Å². The lowest BCUT2D eigenvalue weighted by Crippen LogP contribution is -2.19. The summed E-state index contributed by atoms with van der Waals surface area (Å²) >= 11 is 0. The number of aryl methyl sites for hydroxylation is 1. The number of hydrogen-bond acceptors (Lipinski definition) is 2. The van der Waals surface area contributed by atoms with Crippen molar-refractivity contribution < 1.29 is 4.79 Å². The van der Waals surface area contributed by atoms with E-state index in [-0.39, 0.29) is 17.3 Å². The van der Waals surface area contributed by atoms with Crippen LogP contribution in [0.15, 0.2) is 4.79 Å². The molecule has 5 nitrogen and oxygen atoms in total. The minimum absolute atomic E-state index is 0.289. The fourth-order valence-corrected chi connectivity index (χ4v) is 0.823. The molecule has 1 heterocycles. The van der Waals surface area contributed by atoms with E-state index >= 15 is 0 Å². The van der Waals surface area contributed by atoms with Gasteiger partial charge in [0.2, 0.25) is 0 Å². The van der Waals surface area contributed by atoms with Crippen LogP contribution in [-0.2, 0) is 0 Å². The number of carbonyl (C=O) groups excluding carboxylic acids is 1. The molecule has 0 unspecified atom stereocenters. The molecule has 60 valence electrons. The molecule has 0 radical (unpaired) electrons. The molecule has 1 amide bonds. The minimum atomic E-state index is -0.360. The molecular formula is C6H9N3O2. The second-order valence-electron chi connectivity index (χ2n) is 2.16. The Hall–Kier alpha value is -1.52. The molecule has 0 saturated heterocycles. The molecule has 1 aromatic heterocycles. The van der Waals surface area contributed by atoms with Gasteiger partial charge in [-0.05, 0) is 6.92 Å². The van der Waals surface area contributed by atoms with Gasteiger partial charge in [0.1, 0.15) is 5.69 Å². The molecule has 0 saturated carbocycles. The summed E-state index contributed by atoms with van der Waals surface area (Å²) in [6, 6.07) is 0. The molecule has 0 bridgehead atoms. The largest absolute Gasteiger partial charge is 0.354 e. The maximum atomic E-state index is 10.9. The average molecular weight is 155 g/mol. The van der Waals surface area contributed by atoms with Crippen molar-refractivity contribution in [2.45, 2.75) is 6.92 Å².